The zero-order valence-electron chi connectivity index (χ0n) is 12.2. The van der Waals surface area contributed by atoms with Crippen LogP contribution >= 0.6 is 0 Å². The van der Waals surface area contributed by atoms with Crippen molar-refractivity contribution in [1.29, 1.82) is 0 Å². The number of nitrogens with zero attached hydrogens (tertiary/aromatic N) is 2. The summed E-state index contributed by atoms with van der Waals surface area (Å²) in [5.41, 5.74) is 5.03. The third-order valence-electron chi connectivity index (χ3n) is 4.26. The van der Waals surface area contributed by atoms with Gasteiger partial charge >= 0.3 is 0 Å². The first-order valence-electron chi connectivity index (χ1n) is 7.31. The molecular weight excluding hydrogens is 234 g/mol. The summed E-state index contributed by atoms with van der Waals surface area (Å²) < 4.78 is 2.27. The van der Waals surface area contributed by atoms with E-state index in [1.807, 2.05) is 0 Å². The maximum Gasteiger partial charge on any atom is 0.111 e. The van der Waals surface area contributed by atoms with Gasteiger partial charge in [0.15, 0.2) is 0 Å². The third-order valence-corrected chi connectivity index (χ3v) is 4.26. The van der Waals surface area contributed by atoms with Gasteiger partial charge in [-0.3, -0.25) is 0 Å². The van der Waals surface area contributed by atoms with Gasteiger partial charge in [0, 0.05) is 19.5 Å². The molecule has 3 heteroatoms. The maximum atomic E-state index is 4.87. The standard InChI is InChI=1S/C16H23N3/c1-11-8-12(2)16-14(9-11)19(3)15(18-16)10-13-6-4-5-7-17-13/h8-9,13,17H,4-7,10H2,1-3H3. The number of fused-ring (bicyclic) bond motifs is 1. The summed E-state index contributed by atoms with van der Waals surface area (Å²) in [4.78, 5) is 4.87. The number of hydrogen-bond acceptors (Lipinski definition) is 2. The Kier molecular flexibility index (Phi) is 3.31. The molecule has 1 aromatic carbocycles. The quantitative estimate of drug-likeness (QED) is 0.896. The average molecular weight is 257 g/mol. The minimum atomic E-state index is 0.602. The highest BCUT2D eigenvalue weighted by Gasteiger charge is 2.17. The Morgan fingerprint density at radius 2 is 2.16 bits per heavy atom. The van der Waals surface area contributed by atoms with Crippen molar-refractivity contribution in [3.8, 4) is 0 Å². The van der Waals surface area contributed by atoms with Gasteiger partial charge in [-0.1, -0.05) is 12.5 Å². The minimum absolute atomic E-state index is 0.602. The van der Waals surface area contributed by atoms with E-state index in [4.69, 9.17) is 4.98 Å². The average Bonchev–Trinajstić information content (AvgIpc) is 2.69. The molecule has 1 fully saturated rings. The SMILES string of the molecule is Cc1cc(C)c2nc(CC3CCCCN3)n(C)c2c1. The van der Waals surface area contributed by atoms with Gasteiger partial charge in [0.1, 0.15) is 5.82 Å². The fourth-order valence-electron chi connectivity index (χ4n) is 3.18. The topological polar surface area (TPSA) is 29.9 Å². The molecule has 0 aliphatic carbocycles. The zero-order valence-corrected chi connectivity index (χ0v) is 12.2. The van der Waals surface area contributed by atoms with Crippen LogP contribution < -0.4 is 5.32 Å². The lowest BCUT2D eigenvalue weighted by molar-refractivity contribution is 0.392. The lowest BCUT2D eigenvalue weighted by atomic mass is 10.0. The van der Waals surface area contributed by atoms with Gasteiger partial charge in [-0.2, -0.15) is 0 Å². The summed E-state index contributed by atoms with van der Waals surface area (Å²) in [6.45, 7) is 5.47. The molecule has 1 saturated heterocycles. The summed E-state index contributed by atoms with van der Waals surface area (Å²) in [6.07, 6.45) is 4.99. The normalized spacial score (nSPS) is 20.1. The van der Waals surface area contributed by atoms with Crippen LogP contribution in [0.1, 0.15) is 36.2 Å². The van der Waals surface area contributed by atoms with Crippen molar-refractivity contribution in [2.24, 2.45) is 7.05 Å². The van der Waals surface area contributed by atoms with Gasteiger partial charge in [0.25, 0.3) is 0 Å². The first kappa shape index (κ1) is 12.7. The van der Waals surface area contributed by atoms with Crippen molar-refractivity contribution in [1.82, 2.24) is 14.9 Å². The highest BCUT2D eigenvalue weighted by Crippen LogP contribution is 2.22. The lowest BCUT2D eigenvalue weighted by Crippen LogP contribution is -2.36. The minimum Gasteiger partial charge on any atom is -0.331 e. The molecule has 0 radical (unpaired) electrons. The van der Waals surface area contributed by atoms with E-state index in [9.17, 15) is 0 Å². The van der Waals surface area contributed by atoms with Crippen LogP contribution in [0.5, 0.6) is 0 Å². The predicted octanol–water partition coefficient (Wildman–Crippen LogP) is 2.87. The number of aryl methyl sites for hydroxylation is 3. The van der Waals surface area contributed by atoms with Crippen LogP contribution in [0.15, 0.2) is 12.1 Å². The van der Waals surface area contributed by atoms with Gasteiger partial charge < -0.3 is 9.88 Å². The van der Waals surface area contributed by atoms with Crippen LogP contribution in [0.2, 0.25) is 0 Å². The molecule has 2 aromatic rings. The molecule has 19 heavy (non-hydrogen) atoms. The fraction of sp³-hybridized carbons (Fsp3) is 0.562. The number of rotatable bonds is 2. The maximum absolute atomic E-state index is 4.87. The van der Waals surface area contributed by atoms with E-state index in [2.05, 4.69) is 42.9 Å². The predicted molar refractivity (Wildman–Crippen MR) is 79.5 cm³/mol. The van der Waals surface area contributed by atoms with Crippen molar-refractivity contribution in [2.45, 2.75) is 45.6 Å². The number of aromatic nitrogens is 2. The highest BCUT2D eigenvalue weighted by molar-refractivity contribution is 5.80. The molecule has 102 valence electrons. The van der Waals surface area contributed by atoms with E-state index >= 15 is 0 Å². The largest absolute Gasteiger partial charge is 0.331 e. The number of hydrogen-bond donors (Lipinski definition) is 1. The Bertz CT molecular complexity index is 592. The second kappa shape index (κ2) is 4.97. The second-order valence-corrected chi connectivity index (χ2v) is 5.89. The monoisotopic (exact) mass is 257 g/mol. The van der Waals surface area contributed by atoms with E-state index in [1.54, 1.807) is 0 Å². The molecule has 3 rings (SSSR count). The number of imidazole rings is 1. The Hall–Kier alpha value is -1.35. The van der Waals surface area contributed by atoms with Gasteiger partial charge in [-0.25, -0.2) is 4.98 Å². The number of nitrogens with one attached hydrogen (secondary N) is 1. The van der Waals surface area contributed by atoms with E-state index in [0.717, 1.165) is 13.0 Å². The summed E-state index contributed by atoms with van der Waals surface area (Å²) in [7, 11) is 2.15. The molecule has 2 heterocycles. The lowest BCUT2D eigenvalue weighted by Gasteiger charge is -2.23. The van der Waals surface area contributed by atoms with Crippen molar-refractivity contribution < 1.29 is 0 Å². The van der Waals surface area contributed by atoms with E-state index in [0.29, 0.717) is 6.04 Å². The van der Waals surface area contributed by atoms with E-state index < -0.39 is 0 Å². The molecule has 1 atom stereocenters. The smallest absolute Gasteiger partial charge is 0.111 e. The molecule has 1 N–H and O–H groups in total. The Balaban J connectivity index is 1.95. The molecule has 1 unspecified atom stereocenters. The molecular formula is C16H23N3. The second-order valence-electron chi connectivity index (χ2n) is 5.89. The van der Waals surface area contributed by atoms with Gasteiger partial charge in [-0.05, 0) is 50.4 Å². The van der Waals surface area contributed by atoms with E-state index in [-0.39, 0.29) is 0 Å². The molecule has 0 bridgehead atoms. The van der Waals surface area contributed by atoms with Crippen molar-refractivity contribution in [3.63, 3.8) is 0 Å². The van der Waals surface area contributed by atoms with Crippen LogP contribution in [0.3, 0.4) is 0 Å². The molecule has 3 nitrogen and oxygen atoms in total. The first-order chi connectivity index (χ1) is 9.15. The molecule has 0 amide bonds. The summed E-state index contributed by atoms with van der Waals surface area (Å²) in [6, 6.07) is 5.07. The van der Waals surface area contributed by atoms with Crippen LogP contribution in [-0.2, 0) is 13.5 Å². The summed E-state index contributed by atoms with van der Waals surface area (Å²) in [5, 5.41) is 3.61. The molecule has 0 spiro atoms. The van der Waals surface area contributed by atoms with Gasteiger partial charge in [-0.15, -0.1) is 0 Å². The Labute approximate surface area is 115 Å². The van der Waals surface area contributed by atoms with Crippen molar-refractivity contribution >= 4 is 11.0 Å². The molecule has 1 aliphatic rings. The van der Waals surface area contributed by atoms with Crippen molar-refractivity contribution in [2.75, 3.05) is 6.54 Å². The van der Waals surface area contributed by atoms with Gasteiger partial charge in [0.2, 0.25) is 0 Å². The zero-order chi connectivity index (χ0) is 13.4. The molecule has 0 saturated carbocycles. The summed E-state index contributed by atoms with van der Waals surface area (Å²) >= 11 is 0. The van der Waals surface area contributed by atoms with Crippen LogP contribution in [-0.4, -0.2) is 22.1 Å². The van der Waals surface area contributed by atoms with Crippen LogP contribution in [0.25, 0.3) is 11.0 Å². The van der Waals surface area contributed by atoms with Gasteiger partial charge in [0.05, 0.1) is 11.0 Å². The number of piperidine rings is 1. The third kappa shape index (κ3) is 2.39. The first-order valence-corrected chi connectivity index (χ1v) is 7.31. The van der Waals surface area contributed by atoms with E-state index in [1.165, 1.54) is 47.2 Å². The molecule has 1 aromatic heterocycles. The van der Waals surface area contributed by atoms with Crippen molar-refractivity contribution in [3.05, 3.63) is 29.1 Å². The number of benzene rings is 1. The summed E-state index contributed by atoms with van der Waals surface area (Å²) in [5.74, 6) is 1.21. The Morgan fingerprint density at radius 1 is 1.32 bits per heavy atom. The molecule has 1 aliphatic heterocycles. The van der Waals surface area contributed by atoms with Crippen LogP contribution in [0, 0.1) is 13.8 Å². The fourth-order valence-corrected chi connectivity index (χ4v) is 3.18. The Morgan fingerprint density at radius 3 is 2.89 bits per heavy atom. The highest BCUT2D eigenvalue weighted by atomic mass is 15.1. The van der Waals surface area contributed by atoms with Crippen LogP contribution in [0.4, 0.5) is 0 Å².